The molecule has 0 aromatic heterocycles. The number of carbonyl (C=O) groups is 2. The Kier molecular flexibility index (Phi) is 6.57. The summed E-state index contributed by atoms with van der Waals surface area (Å²) in [6.07, 6.45) is 1.88. The highest BCUT2D eigenvalue weighted by atomic mass is 16.4. The number of phenolic OH excluding ortho intramolecular Hbond substituents is 1. The first-order valence-corrected chi connectivity index (χ1v) is 8.34. The minimum Gasteiger partial charge on any atom is -0.508 e. The standard InChI is InChI=1S/C20H23NO4/c1-14-5-4-6-16(13-14)19(23)21-12-3-2-7-18(20(24)25)15-8-10-17(22)11-9-15/h4-6,8-11,13,18,22H,2-3,7,12H2,1H3,(H,21,23)(H,24,25). The molecule has 5 nitrogen and oxygen atoms in total. The van der Waals surface area contributed by atoms with Crippen molar-refractivity contribution < 1.29 is 19.8 Å². The van der Waals surface area contributed by atoms with E-state index >= 15 is 0 Å². The maximum atomic E-state index is 12.0. The molecule has 0 bridgehead atoms. The van der Waals surface area contributed by atoms with Crippen molar-refractivity contribution in [2.45, 2.75) is 32.1 Å². The molecule has 25 heavy (non-hydrogen) atoms. The number of nitrogens with one attached hydrogen (secondary N) is 1. The van der Waals surface area contributed by atoms with Crippen LogP contribution in [0.25, 0.3) is 0 Å². The highest BCUT2D eigenvalue weighted by molar-refractivity contribution is 5.94. The number of aromatic hydroxyl groups is 1. The summed E-state index contributed by atoms with van der Waals surface area (Å²) in [5.41, 5.74) is 2.34. The van der Waals surface area contributed by atoms with Crippen LogP contribution in [0.4, 0.5) is 0 Å². The number of benzene rings is 2. The van der Waals surface area contributed by atoms with Crippen LogP contribution in [-0.2, 0) is 4.79 Å². The van der Waals surface area contributed by atoms with Gasteiger partial charge in [-0.25, -0.2) is 0 Å². The first-order valence-electron chi connectivity index (χ1n) is 8.34. The van der Waals surface area contributed by atoms with Crippen molar-refractivity contribution in [3.8, 4) is 5.75 Å². The summed E-state index contributed by atoms with van der Waals surface area (Å²) < 4.78 is 0. The van der Waals surface area contributed by atoms with Gasteiger partial charge in [0.15, 0.2) is 0 Å². The zero-order valence-electron chi connectivity index (χ0n) is 14.2. The Bertz CT molecular complexity index is 725. The average Bonchev–Trinajstić information content (AvgIpc) is 2.58. The normalized spacial score (nSPS) is 11.7. The largest absolute Gasteiger partial charge is 0.508 e. The predicted octanol–water partition coefficient (Wildman–Crippen LogP) is 3.47. The Morgan fingerprint density at radius 1 is 1.08 bits per heavy atom. The molecule has 1 atom stereocenters. The summed E-state index contributed by atoms with van der Waals surface area (Å²) in [5, 5.41) is 21.5. The highest BCUT2D eigenvalue weighted by Crippen LogP contribution is 2.24. The fraction of sp³-hybridized carbons (Fsp3) is 0.300. The van der Waals surface area contributed by atoms with Crippen LogP contribution in [-0.4, -0.2) is 28.6 Å². The van der Waals surface area contributed by atoms with E-state index in [1.54, 1.807) is 18.2 Å². The molecule has 3 N–H and O–H groups in total. The number of phenols is 1. The van der Waals surface area contributed by atoms with Crippen LogP contribution in [0.3, 0.4) is 0 Å². The molecule has 2 rings (SSSR count). The summed E-state index contributed by atoms with van der Waals surface area (Å²) in [4.78, 5) is 23.5. The molecule has 0 saturated carbocycles. The second kappa shape index (κ2) is 8.87. The number of amides is 1. The van der Waals surface area contributed by atoms with Gasteiger partial charge in [-0.1, -0.05) is 36.2 Å². The lowest BCUT2D eigenvalue weighted by Crippen LogP contribution is -2.24. The molecule has 2 aromatic carbocycles. The third kappa shape index (κ3) is 5.64. The van der Waals surface area contributed by atoms with Gasteiger partial charge in [-0.2, -0.15) is 0 Å². The lowest BCUT2D eigenvalue weighted by molar-refractivity contribution is -0.139. The predicted molar refractivity (Wildman–Crippen MR) is 95.8 cm³/mol. The number of hydrogen-bond donors (Lipinski definition) is 3. The maximum Gasteiger partial charge on any atom is 0.310 e. The Balaban J connectivity index is 1.78. The minimum absolute atomic E-state index is 0.114. The Labute approximate surface area is 147 Å². The third-order valence-electron chi connectivity index (χ3n) is 4.08. The van der Waals surface area contributed by atoms with Crippen molar-refractivity contribution in [3.05, 3.63) is 65.2 Å². The molecule has 2 aromatic rings. The van der Waals surface area contributed by atoms with E-state index in [0.29, 0.717) is 36.9 Å². The van der Waals surface area contributed by atoms with E-state index in [2.05, 4.69) is 5.32 Å². The molecule has 1 unspecified atom stereocenters. The second-order valence-corrected chi connectivity index (χ2v) is 6.10. The molecule has 0 saturated heterocycles. The molecule has 5 heteroatoms. The van der Waals surface area contributed by atoms with Gasteiger partial charge in [0.1, 0.15) is 5.75 Å². The number of carboxylic acid groups (broad SMARTS) is 1. The number of carboxylic acids is 1. The zero-order chi connectivity index (χ0) is 18.2. The minimum atomic E-state index is -0.880. The van der Waals surface area contributed by atoms with Crippen molar-refractivity contribution in [1.82, 2.24) is 5.32 Å². The Morgan fingerprint density at radius 2 is 1.80 bits per heavy atom. The van der Waals surface area contributed by atoms with E-state index in [4.69, 9.17) is 0 Å². The van der Waals surface area contributed by atoms with Crippen LogP contribution in [0.5, 0.6) is 5.75 Å². The van der Waals surface area contributed by atoms with Gasteiger partial charge < -0.3 is 15.5 Å². The number of rotatable bonds is 8. The van der Waals surface area contributed by atoms with Crippen molar-refractivity contribution in [2.75, 3.05) is 6.54 Å². The molecule has 0 radical (unpaired) electrons. The van der Waals surface area contributed by atoms with Crippen LogP contribution in [0.2, 0.25) is 0 Å². The fourth-order valence-corrected chi connectivity index (χ4v) is 2.70. The first-order chi connectivity index (χ1) is 12.0. The van der Waals surface area contributed by atoms with Gasteiger partial charge in [0, 0.05) is 12.1 Å². The van der Waals surface area contributed by atoms with E-state index < -0.39 is 11.9 Å². The molecule has 0 aliphatic carbocycles. The summed E-state index contributed by atoms with van der Waals surface area (Å²) in [5.74, 6) is -1.48. The van der Waals surface area contributed by atoms with Crippen molar-refractivity contribution >= 4 is 11.9 Å². The molecule has 0 aliphatic rings. The van der Waals surface area contributed by atoms with Crippen LogP contribution < -0.4 is 5.32 Å². The molecule has 0 fully saturated rings. The second-order valence-electron chi connectivity index (χ2n) is 6.10. The zero-order valence-corrected chi connectivity index (χ0v) is 14.2. The maximum absolute atomic E-state index is 12.0. The van der Waals surface area contributed by atoms with E-state index in [0.717, 1.165) is 5.56 Å². The van der Waals surface area contributed by atoms with Gasteiger partial charge in [0.25, 0.3) is 5.91 Å². The van der Waals surface area contributed by atoms with Crippen molar-refractivity contribution in [2.24, 2.45) is 0 Å². The van der Waals surface area contributed by atoms with Gasteiger partial charge in [-0.3, -0.25) is 9.59 Å². The van der Waals surface area contributed by atoms with Crippen LogP contribution in [0.1, 0.15) is 46.7 Å². The molecule has 0 aliphatic heterocycles. The van der Waals surface area contributed by atoms with E-state index in [9.17, 15) is 19.8 Å². The van der Waals surface area contributed by atoms with E-state index in [-0.39, 0.29) is 11.7 Å². The van der Waals surface area contributed by atoms with Gasteiger partial charge in [0.2, 0.25) is 0 Å². The van der Waals surface area contributed by atoms with Crippen LogP contribution in [0, 0.1) is 6.92 Å². The fourth-order valence-electron chi connectivity index (χ4n) is 2.70. The Morgan fingerprint density at radius 3 is 2.44 bits per heavy atom. The molecule has 0 spiro atoms. The Hall–Kier alpha value is -2.82. The molecular weight excluding hydrogens is 318 g/mol. The van der Waals surface area contributed by atoms with Gasteiger partial charge >= 0.3 is 5.97 Å². The first kappa shape index (κ1) is 18.5. The summed E-state index contributed by atoms with van der Waals surface area (Å²) in [6.45, 7) is 2.45. The van der Waals surface area contributed by atoms with Gasteiger partial charge in [-0.05, 0) is 49.6 Å². The molecule has 1 amide bonds. The summed E-state index contributed by atoms with van der Waals surface area (Å²) in [6, 6.07) is 13.6. The summed E-state index contributed by atoms with van der Waals surface area (Å²) >= 11 is 0. The smallest absolute Gasteiger partial charge is 0.310 e. The van der Waals surface area contributed by atoms with Gasteiger partial charge in [0.05, 0.1) is 5.92 Å². The van der Waals surface area contributed by atoms with Crippen LogP contribution >= 0.6 is 0 Å². The molecule has 0 heterocycles. The number of aryl methyl sites for hydroxylation is 1. The number of aliphatic carboxylic acids is 1. The van der Waals surface area contributed by atoms with Crippen molar-refractivity contribution in [3.63, 3.8) is 0 Å². The monoisotopic (exact) mass is 341 g/mol. The van der Waals surface area contributed by atoms with Crippen molar-refractivity contribution in [1.29, 1.82) is 0 Å². The SMILES string of the molecule is Cc1cccc(C(=O)NCCCCC(C(=O)O)c2ccc(O)cc2)c1. The lowest BCUT2D eigenvalue weighted by Gasteiger charge is -2.13. The lowest BCUT2D eigenvalue weighted by atomic mass is 9.93. The number of carbonyl (C=O) groups excluding carboxylic acids is 1. The number of unbranched alkanes of at least 4 members (excludes halogenated alkanes) is 1. The average molecular weight is 341 g/mol. The highest BCUT2D eigenvalue weighted by Gasteiger charge is 2.19. The summed E-state index contributed by atoms with van der Waals surface area (Å²) in [7, 11) is 0. The van der Waals surface area contributed by atoms with E-state index in [1.807, 2.05) is 25.1 Å². The molecular formula is C20H23NO4. The topological polar surface area (TPSA) is 86.6 Å². The van der Waals surface area contributed by atoms with E-state index in [1.165, 1.54) is 12.1 Å². The van der Waals surface area contributed by atoms with Crippen LogP contribution in [0.15, 0.2) is 48.5 Å². The quantitative estimate of drug-likeness (QED) is 0.642. The molecule has 132 valence electrons. The third-order valence-corrected chi connectivity index (χ3v) is 4.08. The number of hydrogen-bond acceptors (Lipinski definition) is 3. The van der Waals surface area contributed by atoms with Gasteiger partial charge in [-0.15, -0.1) is 0 Å².